The third kappa shape index (κ3) is 5.10. The van der Waals surface area contributed by atoms with Gasteiger partial charge in [0.1, 0.15) is 18.1 Å². The predicted octanol–water partition coefficient (Wildman–Crippen LogP) is 6.10. The summed E-state index contributed by atoms with van der Waals surface area (Å²) in [5, 5.41) is 11.5. The van der Waals surface area contributed by atoms with Crippen molar-refractivity contribution in [2.24, 2.45) is 4.99 Å². The smallest absolute Gasteiger partial charge is 0.211 e. The highest BCUT2D eigenvalue weighted by molar-refractivity contribution is 6.52. The zero-order chi connectivity index (χ0) is 31.9. The molecule has 4 aromatic carbocycles. The minimum absolute atomic E-state index is 0.00885. The number of aromatic hydroxyl groups is 1. The Balaban J connectivity index is 1.39. The van der Waals surface area contributed by atoms with Crippen LogP contribution in [-0.2, 0) is 25.9 Å². The summed E-state index contributed by atoms with van der Waals surface area (Å²) in [6, 6.07) is 19.1. The summed E-state index contributed by atoms with van der Waals surface area (Å²) in [6.07, 6.45) is 2.14. The zero-order valence-electron chi connectivity index (χ0n) is 26.4. The van der Waals surface area contributed by atoms with Crippen LogP contribution in [0.1, 0.15) is 49.8 Å². The topological polar surface area (TPSA) is 99.1 Å². The number of hydrogen-bond acceptors (Lipinski definition) is 9. The molecule has 9 nitrogen and oxygen atoms in total. The maximum atomic E-state index is 13.9. The predicted molar refractivity (Wildman–Crippen MR) is 174 cm³/mol. The van der Waals surface area contributed by atoms with Crippen molar-refractivity contribution in [1.29, 1.82) is 0 Å². The lowest BCUT2D eigenvalue weighted by Gasteiger charge is -2.36. The number of rotatable bonds is 3. The maximum Gasteiger partial charge on any atom is 0.211 e. The van der Waals surface area contributed by atoms with E-state index in [0.29, 0.717) is 52.8 Å². The van der Waals surface area contributed by atoms with Gasteiger partial charge in [-0.3, -0.25) is 14.7 Å². The Hall–Kier alpha value is -5.02. The number of phenolic OH excluding ortho intramolecular Hbond substituents is 1. The summed E-state index contributed by atoms with van der Waals surface area (Å²) in [5.41, 5.74) is 6.04. The van der Waals surface area contributed by atoms with Gasteiger partial charge >= 0.3 is 0 Å². The van der Waals surface area contributed by atoms with E-state index in [9.17, 15) is 9.90 Å². The third-order valence-electron chi connectivity index (χ3n) is 9.15. The van der Waals surface area contributed by atoms with Crippen LogP contribution in [0.15, 0.2) is 65.7 Å². The van der Waals surface area contributed by atoms with Crippen LogP contribution in [0.5, 0.6) is 40.2 Å². The molecule has 0 saturated heterocycles. The fourth-order valence-electron chi connectivity index (χ4n) is 6.69. The third-order valence-corrected chi connectivity index (χ3v) is 9.15. The minimum atomic E-state index is -0.304. The van der Waals surface area contributed by atoms with E-state index in [1.165, 1.54) is 7.11 Å². The van der Waals surface area contributed by atoms with Gasteiger partial charge in [0.15, 0.2) is 23.0 Å². The number of ether oxygens (including phenoxy) is 5. The number of methoxy groups -OCH3 is 3. The number of Topliss-reactive ketones (excluding diaryl/α,β-unsaturated/α-hetero) is 1. The quantitative estimate of drug-likeness (QED) is 0.293. The van der Waals surface area contributed by atoms with E-state index in [4.69, 9.17) is 23.7 Å². The molecule has 9 heteroatoms. The van der Waals surface area contributed by atoms with Crippen LogP contribution in [0, 0.1) is 0 Å². The first-order valence-electron chi connectivity index (χ1n) is 15.4. The first kappa shape index (κ1) is 29.7. The van der Waals surface area contributed by atoms with E-state index in [0.717, 1.165) is 47.2 Å². The van der Waals surface area contributed by atoms with Crippen LogP contribution in [0.3, 0.4) is 0 Å². The second kappa shape index (κ2) is 12.1. The molecule has 46 heavy (non-hydrogen) atoms. The number of hydrogen-bond donors (Lipinski definition) is 1. The average Bonchev–Trinajstić information content (AvgIpc) is 3.08. The van der Waals surface area contributed by atoms with E-state index in [1.807, 2.05) is 18.2 Å². The lowest BCUT2D eigenvalue weighted by molar-refractivity contribution is 0.106. The second-order valence-corrected chi connectivity index (χ2v) is 11.8. The maximum absolute atomic E-state index is 13.9. The molecule has 6 heterocycles. The van der Waals surface area contributed by atoms with Crippen molar-refractivity contribution in [2.75, 3.05) is 41.5 Å². The molecule has 4 aromatic rings. The molecule has 10 rings (SSSR count). The van der Waals surface area contributed by atoms with E-state index >= 15 is 0 Å². The number of carbonyl (C=O) groups is 1. The van der Waals surface area contributed by atoms with Crippen LogP contribution in [0.4, 0.5) is 0 Å². The van der Waals surface area contributed by atoms with E-state index < -0.39 is 0 Å². The summed E-state index contributed by atoms with van der Waals surface area (Å²) in [5.74, 6) is 2.41. The molecule has 1 N–H and O–H groups in total. The van der Waals surface area contributed by atoms with Gasteiger partial charge in [-0.25, -0.2) is 0 Å². The van der Waals surface area contributed by atoms with Gasteiger partial charge in [0.05, 0.1) is 26.9 Å². The van der Waals surface area contributed by atoms with Crippen LogP contribution in [0.25, 0.3) is 0 Å². The van der Waals surface area contributed by atoms with Crippen LogP contribution in [-0.4, -0.2) is 63.0 Å². The normalized spacial score (nSPS) is 17.3. The van der Waals surface area contributed by atoms with Crippen molar-refractivity contribution in [1.82, 2.24) is 4.90 Å². The molecule has 0 aliphatic carbocycles. The summed E-state index contributed by atoms with van der Waals surface area (Å²) in [6.45, 7) is 1.50. The van der Waals surface area contributed by atoms with Gasteiger partial charge in [-0.1, -0.05) is 24.3 Å². The highest BCUT2D eigenvalue weighted by Gasteiger charge is 2.34. The van der Waals surface area contributed by atoms with E-state index in [2.05, 4.69) is 35.1 Å². The van der Waals surface area contributed by atoms with Gasteiger partial charge in [-0.05, 0) is 85.0 Å². The molecule has 0 spiro atoms. The lowest BCUT2D eigenvalue weighted by Crippen LogP contribution is -2.34. The minimum Gasteiger partial charge on any atom is -0.504 e. The highest BCUT2D eigenvalue weighted by Crippen LogP contribution is 2.50. The molecule has 0 fully saturated rings. The average molecular weight is 621 g/mol. The molecule has 1 unspecified atom stereocenters. The first-order valence-corrected chi connectivity index (χ1v) is 15.4. The molecule has 6 aliphatic heterocycles. The Bertz CT molecular complexity index is 1850. The summed E-state index contributed by atoms with van der Waals surface area (Å²) in [4.78, 5) is 20.8. The fraction of sp³-hybridized carbons (Fsp3) is 0.297. The molecule has 0 saturated carbocycles. The molecule has 236 valence electrons. The molecule has 0 aromatic heterocycles. The Kier molecular flexibility index (Phi) is 7.78. The molecule has 1 atom stereocenters. The Morgan fingerprint density at radius 1 is 0.870 bits per heavy atom. The molecule has 6 bridgehead atoms. The molecular formula is C37H36N2O7. The monoisotopic (exact) mass is 620 g/mol. The Labute approximate surface area is 268 Å². The van der Waals surface area contributed by atoms with Crippen molar-refractivity contribution in [2.45, 2.75) is 31.9 Å². The van der Waals surface area contributed by atoms with E-state index in [1.54, 1.807) is 38.5 Å². The number of carbonyl (C=O) groups excluding carboxylic acids is 1. The van der Waals surface area contributed by atoms with Crippen molar-refractivity contribution in [3.63, 3.8) is 0 Å². The van der Waals surface area contributed by atoms with Gasteiger partial charge < -0.3 is 28.8 Å². The number of ketones is 1. The van der Waals surface area contributed by atoms with Crippen molar-refractivity contribution < 1.29 is 33.6 Å². The van der Waals surface area contributed by atoms with E-state index in [-0.39, 0.29) is 35.6 Å². The largest absolute Gasteiger partial charge is 0.504 e. The number of likely N-dealkylation sites (N-methyl/N-ethyl adjacent to an activating group) is 1. The molecule has 6 aliphatic rings. The number of phenols is 1. The molecular weight excluding hydrogens is 584 g/mol. The SMILES string of the molecule is COc1cc2c3c(O)c1OCc1ccc(cc1)CC1c4c(cc(OC)c(OC)c4Oc4ccc(cc4)C(=O)C3=NCC2)CCN1C. The Morgan fingerprint density at radius 3 is 2.30 bits per heavy atom. The van der Waals surface area contributed by atoms with Gasteiger partial charge in [0, 0.05) is 30.3 Å². The van der Waals surface area contributed by atoms with Gasteiger partial charge in [-0.15, -0.1) is 0 Å². The highest BCUT2D eigenvalue weighted by atomic mass is 16.5. The number of aliphatic imine (C=N–C) groups is 1. The van der Waals surface area contributed by atoms with Gasteiger partial charge in [0.2, 0.25) is 17.3 Å². The van der Waals surface area contributed by atoms with Crippen molar-refractivity contribution in [3.8, 4) is 40.2 Å². The van der Waals surface area contributed by atoms with Crippen LogP contribution < -0.4 is 23.7 Å². The summed E-state index contributed by atoms with van der Waals surface area (Å²) < 4.78 is 30.1. The van der Waals surface area contributed by atoms with Crippen LogP contribution in [0.2, 0.25) is 0 Å². The number of benzene rings is 4. The molecule has 0 radical (unpaired) electrons. The molecule has 0 amide bonds. The first-order chi connectivity index (χ1) is 22.4. The Morgan fingerprint density at radius 2 is 1.59 bits per heavy atom. The van der Waals surface area contributed by atoms with Crippen LogP contribution >= 0.6 is 0 Å². The summed E-state index contributed by atoms with van der Waals surface area (Å²) >= 11 is 0. The van der Waals surface area contributed by atoms with Crippen molar-refractivity contribution >= 4 is 11.5 Å². The van der Waals surface area contributed by atoms with Gasteiger partial charge in [0.25, 0.3) is 0 Å². The van der Waals surface area contributed by atoms with Crippen molar-refractivity contribution in [3.05, 3.63) is 99.6 Å². The second-order valence-electron chi connectivity index (χ2n) is 11.8. The fourth-order valence-corrected chi connectivity index (χ4v) is 6.69. The standard InChI is InChI=1S/C37H36N2O7/c1-39-16-14-25-19-29(43-3)36(44-4)37-30(25)27(39)17-21-5-7-22(8-6-21)20-45-35-28(42-2)18-24-13-15-38-32(31(24)34(35)41)33(40)23-9-11-26(46-37)12-10-23/h5-12,18-19,27,41H,13-17,20H2,1-4H3. The lowest BCUT2D eigenvalue weighted by atomic mass is 9.87. The summed E-state index contributed by atoms with van der Waals surface area (Å²) in [7, 11) is 6.91. The number of nitrogens with zero attached hydrogens (tertiary/aromatic N) is 2. The van der Waals surface area contributed by atoms with Gasteiger partial charge in [-0.2, -0.15) is 0 Å². The zero-order valence-corrected chi connectivity index (χ0v) is 26.4.